The molecule has 138 valence electrons. The SMILES string of the molecule is COc1cc(NC2CCOC2c2ccc(F)c(F)c2)c(F)cc1[N+](=O)[O-]. The van der Waals surface area contributed by atoms with E-state index in [1.165, 1.54) is 19.2 Å². The summed E-state index contributed by atoms with van der Waals surface area (Å²) in [5.41, 5.74) is -0.0842. The van der Waals surface area contributed by atoms with Crippen molar-refractivity contribution in [2.24, 2.45) is 0 Å². The predicted molar refractivity (Wildman–Crippen MR) is 86.7 cm³/mol. The second kappa shape index (κ2) is 7.20. The molecule has 1 fully saturated rings. The lowest BCUT2D eigenvalue weighted by atomic mass is 10.0. The zero-order valence-corrected chi connectivity index (χ0v) is 13.7. The van der Waals surface area contributed by atoms with Crippen LogP contribution in [-0.4, -0.2) is 24.7 Å². The van der Waals surface area contributed by atoms with Gasteiger partial charge in [0.2, 0.25) is 0 Å². The third-order valence-electron chi connectivity index (χ3n) is 4.17. The molecule has 0 bridgehead atoms. The number of nitro groups is 1. The summed E-state index contributed by atoms with van der Waals surface area (Å²) in [7, 11) is 1.24. The molecule has 0 amide bonds. The fourth-order valence-corrected chi connectivity index (χ4v) is 2.91. The Bertz CT molecular complexity index is 847. The summed E-state index contributed by atoms with van der Waals surface area (Å²) < 4.78 is 51.4. The molecule has 2 aromatic rings. The van der Waals surface area contributed by atoms with Crippen molar-refractivity contribution in [1.29, 1.82) is 0 Å². The van der Waals surface area contributed by atoms with Crippen LogP contribution in [0.2, 0.25) is 0 Å². The average Bonchev–Trinajstić information content (AvgIpc) is 3.06. The number of nitrogens with one attached hydrogen (secondary N) is 1. The van der Waals surface area contributed by atoms with Gasteiger partial charge in [0.1, 0.15) is 6.10 Å². The van der Waals surface area contributed by atoms with Crippen LogP contribution >= 0.6 is 0 Å². The molecule has 1 aliphatic rings. The Kier molecular flexibility index (Phi) is 4.99. The summed E-state index contributed by atoms with van der Waals surface area (Å²) >= 11 is 0. The third kappa shape index (κ3) is 3.43. The van der Waals surface area contributed by atoms with Crippen LogP contribution in [0.25, 0.3) is 0 Å². The van der Waals surface area contributed by atoms with Gasteiger partial charge in [-0.25, -0.2) is 13.2 Å². The van der Waals surface area contributed by atoms with Gasteiger partial charge in [-0.2, -0.15) is 0 Å². The van der Waals surface area contributed by atoms with E-state index >= 15 is 0 Å². The molecule has 26 heavy (non-hydrogen) atoms. The first kappa shape index (κ1) is 18.0. The van der Waals surface area contributed by atoms with Crippen LogP contribution in [0.4, 0.5) is 24.5 Å². The van der Waals surface area contributed by atoms with E-state index in [9.17, 15) is 23.3 Å². The highest BCUT2D eigenvalue weighted by atomic mass is 19.2. The minimum atomic E-state index is -1.00. The van der Waals surface area contributed by atoms with Crippen LogP contribution < -0.4 is 10.1 Å². The number of ether oxygens (including phenoxy) is 2. The van der Waals surface area contributed by atoms with Gasteiger partial charge in [-0.3, -0.25) is 10.1 Å². The molecular weight excluding hydrogens is 353 g/mol. The molecular formula is C17H15F3N2O4. The van der Waals surface area contributed by atoms with E-state index in [2.05, 4.69) is 5.32 Å². The number of halogens is 3. The summed E-state index contributed by atoms with van der Waals surface area (Å²) in [6, 6.07) is 4.96. The van der Waals surface area contributed by atoms with Crippen molar-refractivity contribution in [2.45, 2.75) is 18.6 Å². The number of anilines is 1. The maximum absolute atomic E-state index is 14.3. The van der Waals surface area contributed by atoms with Crippen LogP contribution in [-0.2, 0) is 4.74 Å². The minimum Gasteiger partial charge on any atom is -0.490 e. The number of benzene rings is 2. The molecule has 0 aliphatic carbocycles. The molecule has 2 unspecified atom stereocenters. The lowest BCUT2D eigenvalue weighted by Crippen LogP contribution is -2.24. The molecule has 0 saturated carbocycles. The summed E-state index contributed by atoms with van der Waals surface area (Å²) in [4.78, 5) is 10.2. The fourth-order valence-electron chi connectivity index (χ4n) is 2.91. The Morgan fingerprint density at radius 1 is 1.19 bits per heavy atom. The first-order chi connectivity index (χ1) is 12.4. The van der Waals surface area contributed by atoms with Crippen molar-refractivity contribution in [3.05, 3.63) is 63.5 Å². The van der Waals surface area contributed by atoms with E-state index in [4.69, 9.17) is 9.47 Å². The normalized spacial score (nSPS) is 19.4. The largest absolute Gasteiger partial charge is 0.490 e. The van der Waals surface area contributed by atoms with Crippen molar-refractivity contribution >= 4 is 11.4 Å². The second-order valence-corrected chi connectivity index (χ2v) is 5.77. The highest BCUT2D eigenvalue weighted by molar-refractivity contribution is 5.59. The van der Waals surface area contributed by atoms with E-state index < -0.39 is 40.2 Å². The van der Waals surface area contributed by atoms with E-state index in [0.29, 0.717) is 18.6 Å². The minimum absolute atomic E-state index is 0.00414. The number of methoxy groups -OCH3 is 1. The molecule has 1 N–H and O–H groups in total. The zero-order chi connectivity index (χ0) is 18.8. The highest BCUT2D eigenvalue weighted by Gasteiger charge is 2.31. The predicted octanol–water partition coefficient (Wildman–Crippen LogP) is 3.96. The summed E-state index contributed by atoms with van der Waals surface area (Å²) in [5, 5.41) is 13.9. The van der Waals surface area contributed by atoms with Gasteiger partial charge < -0.3 is 14.8 Å². The summed E-state index contributed by atoms with van der Waals surface area (Å²) in [6.07, 6.45) is -0.131. The van der Waals surface area contributed by atoms with Gasteiger partial charge in [-0.15, -0.1) is 0 Å². The van der Waals surface area contributed by atoms with Crippen LogP contribution in [0, 0.1) is 27.6 Å². The first-order valence-corrected chi connectivity index (χ1v) is 7.75. The van der Waals surface area contributed by atoms with Crippen molar-refractivity contribution in [1.82, 2.24) is 0 Å². The van der Waals surface area contributed by atoms with Crippen LogP contribution in [0.1, 0.15) is 18.1 Å². The van der Waals surface area contributed by atoms with E-state index in [1.54, 1.807) is 0 Å². The highest BCUT2D eigenvalue weighted by Crippen LogP contribution is 2.36. The monoisotopic (exact) mass is 368 g/mol. The summed E-state index contributed by atoms with van der Waals surface area (Å²) in [6.45, 7) is 0.340. The number of hydrogen-bond acceptors (Lipinski definition) is 5. The quantitative estimate of drug-likeness (QED) is 0.639. The number of nitro benzene ring substituents is 1. The molecule has 2 atom stereocenters. The standard InChI is InChI=1S/C17H15F3N2O4/c1-25-16-8-14(12(20)7-15(16)22(23)24)21-13-4-5-26-17(13)9-2-3-10(18)11(19)6-9/h2-3,6-8,13,17,21H,4-5H2,1H3. The van der Waals surface area contributed by atoms with Crippen molar-refractivity contribution in [2.75, 3.05) is 19.0 Å². The molecule has 0 spiro atoms. The summed E-state index contributed by atoms with van der Waals surface area (Å²) in [5.74, 6) is -2.89. The lowest BCUT2D eigenvalue weighted by molar-refractivity contribution is -0.385. The number of nitrogens with zero attached hydrogens (tertiary/aromatic N) is 1. The Balaban J connectivity index is 1.87. The average molecular weight is 368 g/mol. The van der Waals surface area contributed by atoms with E-state index in [-0.39, 0.29) is 11.4 Å². The smallest absolute Gasteiger partial charge is 0.313 e. The van der Waals surface area contributed by atoms with E-state index in [0.717, 1.165) is 18.2 Å². The van der Waals surface area contributed by atoms with Gasteiger partial charge in [0.25, 0.3) is 0 Å². The molecule has 0 aromatic heterocycles. The van der Waals surface area contributed by atoms with Gasteiger partial charge in [0.15, 0.2) is 23.2 Å². The maximum atomic E-state index is 14.3. The fraction of sp³-hybridized carbons (Fsp3) is 0.294. The van der Waals surface area contributed by atoms with Gasteiger partial charge >= 0.3 is 5.69 Å². The molecule has 0 radical (unpaired) electrons. The van der Waals surface area contributed by atoms with Gasteiger partial charge in [-0.05, 0) is 24.1 Å². The zero-order valence-electron chi connectivity index (χ0n) is 13.7. The molecule has 9 heteroatoms. The molecule has 1 heterocycles. The second-order valence-electron chi connectivity index (χ2n) is 5.77. The first-order valence-electron chi connectivity index (χ1n) is 7.75. The van der Waals surface area contributed by atoms with Crippen molar-refractivity contribution in [3.63, 3.8) is 0 Å². The Morgan fingerprint density at radius 3 is 2.62 bits per heavy atom. The molecule has 1 saturated heterocycles. The van der Waals surface area contributed by atoms with Crippen molar-refractivity contribution < 1.29 is 27.6 Å². The van der Waals surface area contributed by atoms with Crippen LogP contribution in [0.5, 0.6) is 5.75 Å². The number of hydrogen-bond donors (Lipinski definition) is 1. The van der Waals surface area contributed by atoms with E-state index in [1.807, 2.05) is 0 Å². The van der Waals surface area contributed by atoms with Gasteiger partial charge in [-0.1, -0.05) is 6.07 Å². The molecule has 2 aromatic carbocycles. The molecule has 3 rings (SSSR count). The Hall–Kier alpha value is -2.81. The topological polar surface area (TPSA) is 73.6 Å². The van der Waals surface area contributed by atoms with Crippen LogP contribution in [0.3, 0.4) is 0 Å². The number of rotatable bonds is 5. The molecule has 6 nitrogen and oxygen atoms in total. The Morgan fingerprint density at radius 2 is 1.96 bits per heavy atom. The molecule has 1 aliphatic heterocycles. The lowest BCUT2D eigenvalue weighted by Gasteiger charge is -2.22. The van der Waals surface area contributed by atoms with Gasteiger partial charge in [0, 0.05) is 12.7 Å². The van der Waals surface area contributed by atoms with Crippen LogP contribution in [0.15, 0.2) is 30.3 Å². The Labute approximate surface area is 146 Å². The third-order valence-corrected chi connectivity index (χ3v) is 4.17. The van der Waals surface area contributed by atoms with Gasteiger partial charge in [0.05, 0.1) is 29.8 Å². The van der Waals surface area contributed by atoms with Crippen molar-refractivity contribution in [3.8, 4) is 5.75 Å². The maximum Gasteiger partial charge on any atom is 0.313 e.